The molecule has 4 nitrogen and oxygen atoms in total. The monoisotopic (exact) mass is 206 g/mol. The molecular weight excluding hydrogens is 188 g/mol. The van der Waals surface area contributed by atoms with Gasteiger partial charge in [-0.1, -0.05) is 0 Å². The van der Waals surface area contributed by atoms with Gasteiger partial charge in [0, 0.05) is 25.3 Å². The lowest BCUT2D eigenvalue weighted by Crippen LogP contribution is -2.27. The van der Waals surface area contributed by atoms with Crippen LogP contribution in [0.1, 0.15) is 12.8 Å². The summed E-state index contributed by atoms with van der Waals surface area (Å²) in [4.78, 5) is 6.42. The van der Waals surface area contributed by atoms with Gasteiger partial charge in [-0.3, -0.25) is 4.98 Å². The van der Waals surface area contributed by atoms with Crippen LogP contribution in [0.4, 0.5) is 11.4 Å². The zero-order valence-electron chi connectivity index (χ0n) is 9.11. The summed E-state index contributed by atoms with van der Waals surface area (Å²) in [5.41, 5.74) is 7.34. The number of nitrogens with one attached hydrogen (secondary N) is 1. The van der Waals surface area contributed by atoms with E-state index in [9.17, 15) is 0 Å². The second-order valence-corrected chi connectivity index (χ2v) is 4.15. The highest BCUT2D eigenvalue weighted by molar-refractivity contribution is 5.51. The molecule has 0 saturated heterocycles. The minimum absolute atomic E-state index is 0.704. The van der Waals surface area contributed by atoms with Gasteiger partial charge in [-0.15, -0.1) is 0 Å². The summed E-state index contributed by atoms with van der Waals surface area (Å²) in [7, 11) is 2.18. The van der Waals surface area contributed by atoms with E-state index in [0.717, 1.165) is 24.8 Å². The fraction of sp³-hybridized carbons (Fsp3) is 0.545. The first-order chi connectivity index (χ1) is 7.25. The minimum Gasteiger partial charge on any atom is -0.397 e. The number of aromatic nitrogens is 1. The maximum Gasteiger partial charge on any atom is 0.0547 e. The number of nitrogens with zero attached hydrogens (tertiary/aromatic N) is 2. The van der Waals surface area contributed by atoms with Gasteiger partial charge in [-0.05, 0) is 26.0 Å². The van der Waals surface area contributed by atoms with Crippen molar-refractivity contribution < 1.29 is 0 Å². The van der Waals surface area contributed by atoms with Crippen LogP contribution in [0.25, 0.3) is 0 Å². The Morgan fingerprint density at radius 1 is 1.53 bits per heavy atom. The number of pyridine rings is 1. The van der Waals surface area contributed by atoms with Gasteiger partial charge < -0.3 is 16.0 Å². The number of rotatable bonds is 5. The first-order valence-electron chi connectivity index (χ1n) is 5.40. The molecule has 2 rings (SSSR count). The molecule has 0 spiro atoms. The van der Waals surface area contributed by atoms with Crippen LogP contribution in [0.3, 0.4) is 0 Å². The molecular formula is C11H18N4. The van der Waals surface area contributed by atoms with Crippen LogP contribution >= 0.6 is 0 Å². The van der Waals surface area contributed by atoms with E-state index in [4.69, 9.17) is 5.73 Å². The largest absolute Gasteiger partial charge is 0.397 e. The number of hydrogen-bond donors (Lipinski definition) is 2. The molecule has 0 unspecified atom stereocenters. The normalized spacial score (nSPS) is 15.6. The summed E-state index contributed by atoms with van der Waals surface area (Å²) >= 11 is 0. The Kier molecular flexibility index (Phi) is 3.06. The summed E-state index contributed by atoms with van der Waals surface area (Å²) in [6, 6.07) is 2.73. The van der Waals surface area contributed by atoms with Crippen LogP contribution in [0.15, 0.2) is 18.5 Å². The van der Waals surface area contributed by atoms with Crippen LogP contribution in [0, 0.1) is 0 Å². The van der Waals surface area contributed by atoms with Crippen molar-refractivity contribution in [1.29, 1.82) is 0 Å². The van der Waals surface area contributed by atoms with Crippen molar-refractivity contribution in [2.24, 2.45) is 0 Å². The van der Waals surface area contributed by atoms with Gasteiger partial charge in [-0.25, -0.2) is 0 Å². The van der Waals surface area contributed by atoms with Crippen molar-refractivity contribution in [3.63, 3.8) is 0 Å². The average Bonchev–Trinajstić information content (AvgIpc) is 3.00. The van der Waals surface area contributed by atoms with Crippen LogP contribution < -0.4 is 11.1 Å². The molecule has 0 aliphatic heterocycles. The first-order valence-corrected chi connectivity index (χ1v) is 5.40. The highest BCUT2D eigenvalue weighted by Gasteiger charge is 2.25. The van der Waals surface area contributed by atoms with Crippen molar-refractivity contribution in [2.45, 2.75) is 18.9 Å². The van der Waals surface area contributed by atoms with Crippen LogP contribution in [0.2, 0.25) is 0 Å². The molecule has 1 fully saturated rings. The number of anilines is 2. The molecule has 1 saturated carbocycles. The molecule has 1 heterocycles. The lowest BCUT2D eigenvalue weighted by Gasteiger charge is -2.16. The quantitative estimate of drug-likeness (QED) is 0.759. The van der Waals surface area contributed by atoms with Gasteiger partial charge in [0.25, 0.3) is 0 Å². The summed E-state index contributed by atoms with van der Waals surface area (Å²) in [5, 5.41) is 3.31. The number of hydrogen-bond acceptors (Lipinski definition) is 4. The van der Waals surface area contributed by atoms with E-state index in [-0.39, 0.29) is 0 Å². The van der Waals surface area contributed by atoms with E-state index >= 15 is 0 Å². The Labute approximate surface area is 90.5 Å². The molecule has 0 radical (unpaired) electrons. The Balaban J connectivity index is 1.73. The van der Waals surface area contributed by atoms with Gasteiger partial charge in [0.05, 0.1) is 17.6 Å². The second-order valence-electron chi connectivity index (χ2n) is 4.15. The van der Waals surface area contributed by atoms with Crippen molar-refractivity contribution >= 4 is 11.4 Å². The zero-order chi connectivity index (χ0) is 10.7. The SMILES string of the molecule is CN(CCNc1cncc(N)c1)C1CC1. The molecule has 0 bridgehead atoms. The maximum absolute atomic E-state index is 5.64. The number of nitrogens with two attached hydrogens (primary N) is 1. The van der Waals surface area contributed by atoms with E-state index in [2.05, 4.69) is 22.2 Å². The smallest absolute Gasteiger partial charge is 0.0547 e. The molecule has 0 atom stereocenters. The van der Waals surface area contributed by atoms with E-state index in [1.54, 1.807) is 12.4 Å². The van der Waals surface area contributed by atoms with Crippen molar-refractivity contribution in [3.05, 3.63) is 18.5 Å². The van der Waals surface area contributed by atoms with Crippen LogP contribution in [-0.2, 0) is 0 Å². The lowest BCUT2D eigenvalue weighted by molar-refractivity contribution is 0.337. The molecule has 1 aliphatic carbocycles. The maximum atomic E-state index is 5.64. The fourth-order valence-electron chi connectivity index (χ4n) is 1.63. The predicted octanol–water partition coefficient (Wildman–Crippen LogP) is 1.17. The number of likely N-dealkylation sites (N-methyl/N-ethyl adjacent to an activating group) is 1. The third-order valence-electron chi connectivity index (χ3n) is 2.72. The van der Waals surface area contributed by atoms with Crippen molar-refractivity contribution in [2.75, 3.05) is 31.2 Å². The second kappa shape index (κ2) is 4.49. The Morgan fingerprint density at radius 3 is 3.00 bits per heavy atom. The highest BCUT2D eigenvalue weighted by atomic mass is 15.2. The van der Waals surface area contributed by atoms with Crippen LogP contribution in [0.5, 0.6) is 0 Å². The van der Waals surface area contributed by atoms with Gasteiger partial charge in [-0.2, -0.15) is 0 Å². The van der Waals surface area contributed by atoms with Crippen molar-refractivity contribution in [3.8, 4) is 0 Å². The minimum atomic E-state index is 0.704. The van der Waals surface area contributed by atoms with Gasteiger partial charge in [0.1, 0.15) is 0 Å². The summed E-state index contributed by atoms with van der Waals surface area (Å²) in [5.74, 6) is 0. The molecule has 82 valence electrons. The standard InChI is InChI=1S/C11H18N4/c1-15(11-2-3-11)5-4-14-10-6-9(12)7-13-8-10/h6-8,11,14H,2-5,12H2,1H3. The molecule has 1 aromatic rings. The van der Waals surface area contributed by atoms with Gasteiger partial charge in [0.2, 0.25) is 0 Å². The average molecular weight is 206 g/mol. The topological polar surface area (TPSA) is 54.2 Å². The summed E-state index contributed by atoms with van der Waals surface area (Å²) in [6.45, 7) is 2.01. The van der Waals surface area contributed by atoms with Gasteiger partial charge >= 0.3 is 0 Å². The van der Waals surface area contributed by atoms with E-state index < -0.39 is 0 Å². The molecule has 1 aliphatic rings. The third kappa shape index (κ3) is 3.09. The third-order valence-corrected chi connectivity index (χ3v) is 2.72. The van der Waals surface area contributed by atoms with E-state index in [0.29, 0.717) is 5.69 Å². The zero-order valence-corrected chi connectivity index (χ0v) is 9.11. The Hall–Kier alpha value is -1.29. The summed E-state index contributed by atoms with van der Waals surface area (Å²) < 4.78 is 0. The lowest BCUT2D eigenvalue weighted by atomic mass is 10.3. The first kappa shape index (κ1) is 10.2. The predicted molar refractivity (Wildman–Crippen MR) is 62.8 cm³/mol. The Bertz CT molecular complexity index is 322. The summed E-state index contributed by atoms with van der Waals surface area (Å²) in [6.07, 6.45) is 6.17. The van der Waals surface area contributed by atoms with Crippen LogP contribution in [-0.4, -0.2) is 36.1 Å². The molecule has 15 heavy (non-hydrogen) atoms. The van der Waals surface area contributed by atoms with Crippen molar-refractivity contribution in [1.82, 2.24) is 9.88 Å². The highest BCUT2D eigenvalue weighted by Crippen LogP contribution is 2.24. The molecule has 1 aromatic heterocycles. The molecule has 4 heteroatoms. The molecule has 3 N–H and O–H groups in total. The van der Waals surface area contributed by atoms with E-state index in [1.165, 1.54) is 12.8 Å². The molecule has 0 aromatic carbocycles. The number of nitrogen functional groups attached to an aromatic ring is 1. The molecule has 0 amide bonds. The van der Waals surface area contributed by atoms with Gasteiger partial charge in [0.15, 0.2) is 0 Å². The fourth-order valence-corrected chi connectivity index (χ4v) is 1.63. The Morgan fingerprint density at radius 2 is 2.33 bits per heavy atom. The van der Waals surface area contributed by atoms with E-state index in [1.807, 2.05) is 6.07 Å².